The van der Waals surface area contributed by atoms with Crippen LogP contribution >= 0.6 is 0 Å². The predicted octanol–water partition coefficient (Wildman–Crippen LogP) is 3.38. The van der Waals surface area contributed by atoms with Crippen molar-refractivity contribution >= 4 is 17.6 Å². The second-order valence-corrected chi connectivity index (χ2v) is 7.46. The third-order valence-corrected chi connectivity index (χ3v) is 5.46. The molecule has 0 unspecified atom stereocenters. The van der Waals surface area contributed by atoms with E-state index < -0.39 is 5.97 Å². The number of piperidine rings is 1. The molecule has 0 saturated carbocycles. The summed E-state index contributed by atoms with van der Waals surface area (Å²) in [7, 11) is 0. The van der Waals surface area contributed by atoms with E-state index in [0.29, 0.717) is 24.1 Å². The summed E-state index contributed by atoms with van der Waals surface area (Å²) in [6.07, 6.45) is 5.60. The molecule has 0 radical (unpaired) electrons. The smallest absolute Gasteiger partial charge is 0.335 e. The Morgan fingerprint density at radius 2 is 1.77 bits per heavy atom. The van der Waals surface area contributed by atoms with Gasteiger partial charge in [-0.25, -0.2) is 14.8 Å². The lowest BCUT2D eigenvalue weighted by atomic mass is 10.0. The fraction of sp³-hybridized carbons (Fsp3) is 0.261. The maximum Gasteiger partial charge on any atom is 0.335 e. The third-order valence-electron chi connectivity index (χ3n) is 5.46. The number of rotatable bonds is 6. The van der Waals surface area contributed by atoms with Crippen molar-refractivity contribution < 1.29 is 9.90 Å². The maximum atomic E-state index is 11.0. The van der Waals surface area contributed by atoms with Gasteiger partial charge in [0.2, 0.25) is 5.95 Å². The number of carbonyl (C=O) groups is 1. The Labute approximate surface area is 175 Å². The van der Waals surface area contributed by atoms with Crippen molar-refractivity contribution in [2.75, 3.05) is 23.3 Å². The molecule has 0 amide bonds. The summed E-state index contributed by atoms with van der Waals surface area (Å²) in [6.45, 7) is 2.30. The highest BCUT2D eigenvalue weighted by atomic mass is 16.4. The van der Waals surface area contributed by atoms with E-state index in [4.69, 9.17) is 10.8 Å². The number of anilines is 2. The van der Waals surface area contributed by atoms with Crippen LogP contribution < -0.4 is 16.0 Å². The SMILES string of the molecule is NCc1cccc(-c2cnc(NC3CCN(c4ccc(C(=O)O)cc4)CC3)nc2)c1. The second kappa shape index (κ2) is 8.92. The van der Waals surface area contributed by atoms with E-state index in [0.717, 1.165) is 48.3 Å². The second-order valence-electron chi connectivity index (χ2n) is 7.46. The molecule has 0 spiro atoms. The standard InChI is InChI=1S/C23H25N5O2/c24-13-16-2-1-3-18(12-16)19-14-25-23(26-15-19)27-20-8-10-28(11-9-20)21-6-4-17(5-7-21)22(29)30/h1-7,12,14-15,20H,8-11,13,24H2,(H,29,30)(H,25,26,27). The molecule has 3 aromatic rings. The van der Waals surface area contributed by atoms with E-state index in [9.17, 15) is 4.79 Å². The molecule has 7 heteroatoms. The highest BCUT2D eigenvalue weighted by Crippen LogP contribution is 2.23. The number of carboxylic acid groups (broad SMARTS) is 1. The molecule has 4 rings (SSSR count). The van der Waals surface area contributed by atoms with Gasteiger partial charge in [-0.2, -0.15) is 0 Å². The normalized spacial score (nSPS) is 14.5. The predicted molar refractivity (Wildman–Crippen MR) is 118 cm³/mol. The topological polar surface area (TPSA) is 104 Å². The van der Waals surface area contributed by atoms with Gasteiger partial charge in [0.25, 0.3) is 0 Å². The number of carboxylic acids is 1. The average molecular weight is 403 g/mol. The monoisotopic (exact) mass is 403 g/mol. The van der Waals surface area contributed by atoms with Crippen molar-refractivity contribution in [2.45, 2.75) is 25.4 Å². The van der Waals surface area contributed by atoms with Gasteiger partial charge in [-0.15, -0.1) is 0 Å². The summed E-state index contributed by atoms with van der Waals surface area (Å²) in [5.74, 6) is -0.263. The molecule has 1 aromatic heterocycles. The van der Waals surface area contributed by atoms with Gasteiger partial charge in [0.1, 0.15) is 0 Å². The molecule has 0 aliphatic carbocycles. The van der Waals surface area contributed by atoms with Crippen LogP contribution in [0, 0.1) is 0 Å². The minimum absolute atomic E-state index is 0.311. The quantitative estimate of drug-likeness (QED) is 0.579. The minimum atomic E-state index is -0.900. The number of hydrogen-bond donors (Lipinski definition) is 3. The molecule has 1 fully saturated rings. The van der Waals surface area contributed by atoms with Crippen molar-refractivity contribution in [1.29, 1.82) is 0 Å². The molecule has 1 aliphatic rings. The zero-order valence-electron chi connectivity index (χ0n) is 16.7. The molecule has 2 heterocycles. The molecule has 7 nitrogen and oxygen atoms in total. The number of aromatic carboxylic acids is 1. The molecular weight excluding hydrogens is 378 g/mol. The Morgan fingerprint density at radius 1 is 1.07 bits per heavy atom. The van der Waals surface area contributed by atoms with Crippen LogP contribution in [-0.2, 0) is 6.54 Å². The molecule has 1 saturated heterocycles. The van der Waals surface area contributed by atoms with Gasteiger partial charge in [-0.1, -0.05) is 18.2 Å². The van der Waals surface area contributed by atoms with Gasteiger partial charge in [0.05, 0.1) is 5.56 Å². The van der Waals surface area contributed by atoms with Crippen molar-refractivity contribution in [3.63, 3.8) is 0 Å². The zero-order valence-corrected chi connectivity index (χ0v) is 16.7. The first-order chi connectivity index (χ1) is 14.6. The molecule has 1 aliphatic heterocycles. The first-order valence-corrected chi connectivity index (χ1v) is 10.1. The lowest BCUT2D eigenvalue weighted by Gasteiger charge is -2.34. The summed E-state index contributed by atoms with van der Waals surface area (Å²) in [4.78, 5) is 22.2. The number of hydrogen-bond acceptors (Lipinski definition) is 6. The fourth-order valence-electron chi connectivity index (χ4n) is 3.71. The average Bonchev–Trinajstić information content (AvgIpc) is 2.80. The van der Waals surface area contributed by atoms with Crippen LogP contribution in [0.1, 0.15) is 28.8 Å². The van der Waals surface area contributed by atoms with E-state index in [2.05, 4.69) is 26.3 Å². The number of benzene rings is 2. The Balaban J connectivity index is 1.33. The molecule has 2 aromatic carbocycles. The molecule has 154 valence electrons. The molecule has 30 heavy (non-hydrogen) atoms. The summed E-state index contributed by atoms with van der Waals surface area (Å²) >= 11 is 0. The molecule has 0 atom stereocenters. The number of nitrogens with one attached hydrogen (secondary N) is 1. The van der Waals surface area contributed by atoms with Gasteiger partial charge in [-0.3, -0.25) is 0 Å². The van der Waals surface area contributed by atoms with Gasteiger partial charge in [0, 0.05) is 49.3 Å². The van der Waals surface area contributed by atoms with Gasteiger partial charge in [0.15, 0.2) is 0 Å². The summed E-state index contributed by atoms with van der Waals surface area (Å²) in [5.41, 5.74) is 10.2. The van der Waals surface area contributed by atoms with E-state index >= 15 is 0 Å². The summed E-state index contributed by atoms with van der Waals surface area (Å²) < 4.78 is 0. The van der Waals surface area contributed by atoms with Crippen LogP contribution in [0.5, 0.6) is 0 Å². The van der Waals surface area contributed by atoms with Crippen molar-refractivity contribution in [1.82, 2.24) is 9.97 Å². The van der Waals surface area contributed by atoms with Gasteiger partial charge < -0.3 is 21.1 Å². The number of nitrogens with two attached hydrogens (primary N) is 1. The van der Waals surface area contributed by atoms with Crippen LogP contribution in [-0.4, -0.2) is 40.2 Å². The van der Waals surface area contributed by atoms with Crippen molar-refractivity contribution in [3.05, 3.63) is 72.1 Å². The zero-order chi connectivity index (χ0) is 20.9. The van der Waals surface area contributed by atoms with E-state index in [-0.39, 0.29) is 0 Å². The Kier molecular flexibility index (Phi) is 5.90. The minimum Gasteiger partial charge on any atom is -0.478 e. The van der Waals surface area contributed by atoms with Crippen LogP contribution in [0.15, 0.2) is 60.9 Å². The highest BCUT2D eigenvalue weighted by molar-refractivity contribution is 5.88. The Morgan fingerprint density at radius 3 is 2.40 bits per heavy atom. The maximum absolute atomic E-state index is 11.0. The fourth-order valence-corrected chi connectivity index (χ4v) is 3.71. The van der Waals surface area contributed by atoms with E-state index in [1.807, 2.05) is 42.7 Å². The first-order valence-electron chi connectivity index (χ1n) is 10.1. The largest absolute Gasteiger partial charge is 0.478 e. The third kappa shape index (κ3) is 4.58. The Bertz CT molecular complexity index is 997. The summed E-state index contributed by atoms with van der Waals surface area (Å²) in [6, 6.07) is 15.5. The van der Waals surface area contributed by atoms with Crippen molar-refractivity contribution in [3.8, 4) is 11.1 Å². The Hall–Kier alpha value is -3.45. The van der Waals surface area contributed by atoms with E-state index in [1.165, 1.54) is 0 Å². The van der Waals surface area contributed by atoms with Gasteiger partial charge >= 0.3 is 5.97 Å². The summed E-state index contributed by atoms with van der Waals surface area (Å²) in [5, 5.41) is 12.5. The van der Waals surface area contributed by atoms with Gasteiger partial charge in [-0.05, 0) is 54.3 Å². The van der Waals surface area contributed by atoms with Crippen LogP contribution in [0.3, 0.4) is 0 Å². The van der Waals surface area contributed by atoms with Crippen LogP contribution in [0.2, 0.25) is 0 Å². The van der Waals surface area contributed by atoms with Crippen molar-refractivity contribution in [2.24, 2.45) is 5.73 Å². The number of nitrogens with zero attached hydrogens (tertiary/aromatic N) is 3. The molecule has 4 N–H and O–H groups in total. The van der Waals surface area contributed by atoms with E-state index in [1.54, 1.807) is 12.1 Å². The molecular formula is C23H25N5O2. The lowest BCUT2D eigenvalue weighted by molar-refractivity contribution is 0.0697. The van der Waals surface area contributed by atoms with Crippen LogP contribution in [0.25, 0.3) is 11.1 Å². The molecule has 0 bridgehead atoms. The first kappa shape index (κ1) is 19.8. The van der Waals surface area contributed by atoms with Crippen LogP contribution in [0.4, 0.5) is 11.6 Å². The lowest BCUT2D eigenvalue weighted by Crippen LogP contribution is -2.39. The highest BCUT2D eigenvalue weighted by Gasteiger charge is 2.20. The number of aromatic nitrogens is 2.